The summed E-state index contributed by atoms with van der Waals surface area (Å²) in [6.07, 6.45) is 0.724. The number of rotatable bonds is 6. The zero-order chi connectivity index (χ0) is 18.5. The monoisotopic (exact) mass is 383 g/mol. The maximum atomic E-state index is 12.6. The number of amides is 1. The molecule has 134 valence electrons. The van der Waals surface area contributed by atoms with E-state index in [1.54, 1.807) is 0 Å². The fourth-order valence-corrected chi connectivity index (χ4v) is 4.19. The van der Waals surface area contributed by atoms with Gasteiger partial charge >= 0.3 is 0 Å². The van der Waals surface area contributed by atoms with Gasteiger partial charge in [0.15, 0.2) is 5.13 Å². The van der Waals surface area contributed by atoms with Crippen LogP contribution in [-0.4, -0.2) is 16.1 Å². The molecule has 0 saturated heterocycles. The van der Waals surface area contributed by atoms with Crippen molar-refractivity contribution >= 4 is 39.8 Å². The van der Waals surface area contributed by atoms with Gasteiger partial charge in [0.05, 0.1) is 10.9 Å². The molecule has 1 heterocycles. The summed E-state index contributed by atoms with van der Waals surface area (Å²) in [5.74, 6) is -0.0373. The molecular formula is C20H21N3OS2. The van der Waals surface area contributed by atoms with Crippen molar-refractivity contribution in [3.8, 4) is 11.3 Å². The number of nitrogens with two attached hydrogens (primary N) is 1. The standard InChI is InChI=1S/C20H21N3OS2/c1-3-18(26-16-6-4-5-15(21)11-16)19(24)23-20-22-17(12-25-20)14-9-7-13(2)8-10-14/h4-12,18H,3,21H2,1-2H3,(H,22,23,24). The Labute approximate surface area is 161 Å². The van der Waals surface area contributed by atoms with Crippen LogP contribution in [0.4, 0.5) is 10.8 Å². The lowest BCUT2D eigenvalue weighted by Gasteiger charge is -2.13. The SMILES string of the molecule is CCC(Sc1cccc(N)c1)C(=O)Nc1nc(-c2ccc(C)cc2)cs1. The first-order chi connectivity index (χ1) is 12.5. The molecule has 0 aliphatic rings. The van der Waals surface area contributed by atoms with Crippen LogP contribution in [0.3, 0.4) is 0 Å². The Hall–Kier alpha value is -2.31. The van der Waals surface area contributed by atoms with E-state index in [9.17, 15) is 4.79 Å². The molecule has 4 nitrogen and oxygen atoms in total. The second-order valence-electron chi connectivity index (χ2n) is 5.98. The van der Waals surface area contributed by atoms with E-state index in [2.05, 4.69) is 29.4 Å². The minimum Gasteiger partial charge on any atom is -0.399 e. The van der Waals surface area contributed by atoms with E-state index in [4.69, 9.17) is 5.73 Å². The number of nitrogens with zero attached hydrogens (tertiary/aromatic N) is 1. The summed E-state index contributed by atoms with van der Waals surface area (Å²) in [4.78, 5) is 18.2. The molecule has 3 rings (SSSR count). The van der Waals surface area contributed by atoms with Gasteiger partial charge in [0.1, 0.15) is 0 Å². The number of aromatic nitrogens is 1. The Balaban J connectivity index is 1.67. The summed E-state index contributed by atoms with van der Waals surface area (Å²) in [6, 6.07) is 15.8. The molecule has 3 N–H and O–H groups in total. The maximum Gasteiger partial charge on any atom is 0.239 e. The van der Waals surface area contributed by atoms with Crippen LogP contribution < -0.4 is 11.1 Å². The number of thioether (sulfide) groups is 1. The van der Waals surface area contributed by atoms with Gasteiger partial charge in [-0.1, -0.05) is 42.8 Å². The first-order valence-corrected chi connectivity index (χ1v) is 10.2. The highest BCUT2D eigenvalue weighted by molar-refractivity contribution is 8.00. The number of anilines is 2. The van der Waals surface area contributed by atoms with Gasteiger partial charge in [-0.2, -0.15) is 0 Å². The third-order valence-corrected chi connectivity index (χ3v) is 6.00. The number of aryl methyl sites for hydroxylation is 1. The highest BCUT2D eigenvalue weighted by atomic mass is 32.2. The van der Waals surface area contributed by atoms with Crippen molar-refractivity contribution in [3.63, 3.8) is 0 Å². The number of hydrogen-bond acceptors (Lipinski definition) is 5. The normalized spacial score (nSPS) is 11.9. The molecule has 0 spiro atoms. The molecule has 3 aromatic rings. The molecule has 0 fully saturated rings. The summed E-state index contributed by atoms with van der Waals surface area (Å²) >= 11 is 2.96. The second kappa shape index (κ2) is 8.38. The van der Waals surface area contributed by atoms with E-state index in [-0.39, 0.29) is 11.2 Å². The van der Waals surface area contributed by atoms with Crippen molar-refractivity contribution in [2.45, 2.75) is 30.4 Å². The van der Waals surface area contributed by atoms with Crippen LogP contribution in [0.5, 0.6) is 0 Å². The Morgan fingerprint density at radius 3 is 2.73 bits per heavy atom. The third-order valence-electron chi connectivity index (χ3n) is 3.88. The van der Waals surface area contributed by atoms with Crippen LogP contribution >= 0.6 is 23.1 Å². The number of carbonyl (C=O) groups excluding carboxylic acids is 1. The lowest BCUT2D eigenvalue weighted by atomic mass is 10.1. The van der Waals surface area contributed by atoms with Crippen LogP contribution in [0.2, 0.25) is 0 Å². The average molecular weight is 384 g/mol. The first-order valence-electron chi connectivity index (χ1n) is 8.41. The molecule has 0 bridgehead atoms. The van der Waals surface area contributed by atoms with Crippen molar-refractivity contribution in [2.24, 2.45) is 0 Å². The average Bonchev–Trinajstić information content (AvgIpc) is 3.08. The highest BCUT2D eigenvalue weighted by Gasteiger charge is 2.19. The molecule has 0 aliphatic carbocycles. The topological polar surface area (TPSA) is 68.0 Å². The van der Waals surface area contributed by atoms with Crippen molar-refractivity contribution in [1.29, 1.82) is 0 Å². The molecule has 1 aromatic heterocycles. The number of hydrogen-bond donors (Lipinski definition) is 2. The molecule has 0 saturated carbocycles. The fraction of sp³-hybridized carbons (Fsp3) is 0.200. The zero-order valence-electron chi connectivity index (χ0n) is 14.7. The summed E-state index contributed by atoms with van der Waals surface area (Å²) in [6.45, 7) is 4.06. The van der Waals surface area contributed by atoms with Crippen molar-refractivity contribution < 1.29 is 4.79 Å². The molecule has 26 heavy (non-hydrogen) atoms. The van der Waals surface area contributed by atoms with E-state index in [1.165, 1.54) is 28.7 Å². The Morgan fingerprint density at radius 2 is 2.04 bits per heavy atom. The van der Waals surface area contributed by atoms with Crippen LogP contribution in [0.1, 0.15) is 18.9 Å². The Morgan fingerprint density at radius 1 is 1.27 bits per heavy atom. The van der Waals surface area contributed by atoms with Crippen molar-refractivity contribution in [1.82, 2.24) is 4.98 Å². The molecule has 0 radical (unpaired) electrons. The van der Waals surface area contributed by atoms with Crippen LogP contribution in [0.25, 0.3) is 11.3 Å². The number of carbonyl (C=O) groups is 1. The third kappa shape index (κ3) is 4.65. The molecule has 1 amide bonds. The van der Waals surface area contributed by atoms with Gasteiger partial charge < -0.3 is 11.1 Å². The molecule has 2 aromatic carbocycles. The van der Waals surface area contributed by atoms with Gasteiger partial charge in [-0.3, -0.25) is 4.79 Å². The number of nitrogen functional groups attached to an aromatic ring is 1. The van der Waals surface area contributed by atoms with Crippen LogP contribution in [0.15, 0.2) is 58.8 Å². The quantitative estimate of drug-likeness (QED) is 0.453. The fourth-order valence-electron chi connectivity index (χ4n) is 2.45. The zero-order valence-corrected chi connectivity index (χ0v) is 16.4. The second-order valence-corrected chi connectivity index (χ2v) is 8.11. The lowest BCUT2D eigenvalue weighted by molar-refractivity contribution is -0.115. The molecule has 1 unspecified atom stereocenters. The predicted molar refractivity (Wildman–Crippen MR) is 112 cm³/mol. The first kappa shape index (κ1) is 18.5. The minimum absolute atomic E-state index is 0.0373. The van der Waals surface area contributed by atoms with E-state index < -0.39 is 0 Å². The molecule has 1 atom stereocenters. The van der Waals surface area contributed by atoms with Crippen LogP contribution in [0, 0.1) is 6.92 Å². The van der Waals surface area contributed by atoms with Crippen molar-refractivity contribution in [3.05, 3.63) is 59.5 Å². The number of benzene rings is 2. The van der Waals surface area contributed by atoms with E-state index in [0.717, 1.165) is 22.6 Å². The highest BCUT2D eigenvalue weighted by Crippen LogP contribution is 2.29. The maximum absolute atomic E-state index is 12.6. The van der Waals surface area contributed by atoms with Gasteiger partial charge in [0.2, 0.25) is 5.91 Å². The van der Waals surface area contributed by atoms with Gasteiger partial charge in [-0.25, -0.2) is 4.98 Å². The van der Waals surface area contributed by atoms with Crippen molar-refractivity contribution in [2.75, 3.05) is 11.1 Å². The predicted octanol–water partition coefficient (Wildman–Crippen LogP) is 5.21. The summed E-state index contributed by atoms with van der Waals surface area (Å²) < 4.78 is 0. The van der Waals surface area contributed by atoms with E-state index >= 15 is 0 Å². The number of nitrogens with one attached hydrogen (secondary N) is 1. The van der Waals surface area contributed by atoms with Gasteiger partial charge in [-0.15, -0.1) is 23.1 Å². The molecule has 6 heteroatoms. The lowest BCUT2D eigenvalue weighted by Crippen LogP contribution is -2.24. The largest absolute Gasteiger partial charge is 0.399 e. The number of thiazole rings is 1. The smallest absolute Gasteiger partial charge is 0.239 e. The van der Waals surface area contributed by atoms with E-state index in [1.807, 2.05) is 48.7 Å². The van der Waals surface area contributed by atoms with Gasteiger partial charge in [0.25, 0.3) is 0 Å². The summed E-state index contributed by atoms with van der Waals surface area (Å²) in [7, 11) is 0. The van der Waals surface area contributed by atoms with E-state index in [0.29, 0.717) is 10.8 Å². The summed E-state index contributed by atoms with van der Waals surface area (Å²) in [5, 5.41) is 5.34. The Kier molecular flexibility index (Phi) is 5.96. The van der Waals surface area contributed by atoms with Gasteiger partial charge in [0, 0.05) is 21.5 Å². The molecule has 0 aliphatic heterocycles. The summed E-state index contributed by atoms with van der Waals surface area (Å²) in [5.41, 5.74) is 9.66. The Bertz CT molecular complexity index is 890. The molecular weight excluding hydrogens is 362 g/mol. The van der Waals surface area contributed by atoms with Gasteiger partial charge in [-0.05, 0) is 31.5 Å². The van der Waals surface area contributed by atoms with Crippen LogP contribution in [-0.2, 0) is 4.79 Å². The minimum atomic E-state index is -0.191.